The molecule has 0 bridgehead atoms. The fourth-order valence-electron chi connectivity index (χ4n) is 2.66. The Morgan fingerprint density at radius 3 is 2.79 bits per heavy atom. The Hall–Kier alpha value is -2.74. The van der Waals surface area contributed by atoms with E-state index in [1.54, 1.807) is 34.1 Å². The molecule has 1 saturated heterocycles. The number of non-ortho nitro benzene ring substituents is 1. The summed E-state index contributed by atoms with van der Waals surface area (Å²) in [4.78, 5) is 24.3. The first-order chi connectivity index (χ1) is 11.5. The topological polar surface area (TPSA) is 90.5 Å². The van der Waals surface area contributed by atoms with Crippen molar-refractivity contribution in [2.45, 2.75) is 19.6 Å². The Bertz CT molecular complexity index is 741. The average molecular weight is 330 g/mol. The molecule has 2 heterocycles. The monoisotopic (exact) mass is 330 g/mol. The molecule has 1 atom stereocenters. The number of morpholine rings is 1. The van der Waals surface area contributed by atoms with Crippen molar-refractivity contribution >= 4 is 11.6 Å². The summed E-state index contributed by atoms with van der Waals surface area (Å²) >= 11 is 0. The lowest BCUT2D eigenvalue weighted by molar-refractivity contribution is -0.384. The Balaban J connectivity index is 1.66. The van der Waals surface area contributed by atoms with Gasteiger partial charge in [-0.2, -0.15) is 5.10 Å². The van der Waals surface area contributed by atoms with Crippen LogP contribution in [0, 0.1) is 10.1 Å². The number of nitro benzene ring substituents is 1. The van der Waals surface area contributed by atoms with Crippen molar-refractivity contribution in [2.75, 3.05) is 19.7 Å². The van der Waals surface area contributed by atoms with Crippen LogP contribution in [0.25, 0.3) is 11.1 Å². The van der Waals surface area contributed by atoms with Crippen molar-refractivity contribution in [2.24, 2.45) is 0 Å². The predicted octanol–water partition coefficient (Wildman–Crippen LogP) is 1.71. The van der Waals surface area contributed by atoms with Crippen molar-refractivity contribution in [1.29, 1.82) is 0 Å². The molecule has 1 aliphatic rings. The number of nitro groups is 1. The maximum absolute atomic E-state index is 12.3. The van der Waals surface area contributed by atoms with Crippen molar-refractivity contribution in [3.8, 4) is 11.1 Å². The van der Waals surface area contributed by atoms with Crippen molar-refractivity contribution in [1.82, 2.24) is 14.7 Å². The van der Waals surface area contributed by atoms with Crippen LogP contribution in [0.1, 0.15) is 6.92 Å². The van der Waals surface area contributed by atoms with Gasteiger partial charge in [0.1, 0.15) is 6.54 Å². The summed E-state index contributed by atoms with van der Waals surface area (Å²) in [5.41, 5.74) is 1.68. The number of amides is 1. The number of aromatic nitrogens is 2. The van der Waals surface area contributed by atoms with Gasteiger partial charge in [0.25, 0.3) is 5.69 Å². The van der Waals surface area contributed by atoms with Gasteiger partial charge in [-0.3, -0.25) is 19.6 Å². The highest BCUT2D eigenvalue weighted by Gasteiger charge is 2.21. The largest absolute Gasteiger partial charge is 0.375 e. The average Bonchev–Trinajstić information content (AvgIpc) is 3.03. The van der Waals surface area contributed by atoms with Crippen LogP contribution < -0.4 is 0 Å². The van der Waals surface area contributed by atoms with Crippen LogP contribution in [0.2, 0.25) is 0 Å². The lowest BCUT2D eigenvalue weighted by Crippen LogP contribution is -2.45. The van der Waals surface area contributed by atoms with E-state index in [1.807, 2.05) is 6.92 Å². The molecule has 2 aromatic rings. The molecule has 8 heteroatoms. The number of benzene rings is 1. The smallest absolute Gasteiger partial charge is 0.269 e. The van der Waals surface area contributed by atoms with E-state index in [1.165, 1.54) is 12.1 Å². The number of ether oxygens (including phenoxy) is 1. The lowest BCUT2D eigenvalue weighted by Gasteiger charge is -2.31. The highest BCUT2D eigenvalue weighted by molar-refractivity contribution is 5.76. The first-order valence-electron chi connectivity index (χ1n) is 7.69. The number of hydrogen-bond donors (Lipinski definition) is 0. The number of hydrogen-bond acceptors (Lipinski definition) is 5. The molecular weight excluding hydrogens is 312 g/mol. The molecule has 3 rings (SSSR count). The molecule has 1 fully saturated rings. The Kier molecular flexibility index (Phi) is 4.57. The molecule has 1 aromatic carbocycles. The van der Waals surface area contributed by atoms with Crippen LogP contribution in [0.5, 0.6) is 0 Å². The Morgan fingerprint density at radius 2 is 2.12 bits per heavy atom. The summed E-state index contributed by atoms with van der Waals surface area (Å²) in [5, 5.41) is 14.9. The van der Waals surface area contributed by atoms with Crippen LogP contribution in [0.4, 0.5) is 5.69 Å². The Morgan fingerprint density at radius 1 is 1.38 bits per heavy atom. The molecule has 0 N–H and O–H groups in total. The van der Waals surface area contributed by atoms with Crippen molar-refractivity contribution < 1.29 is 14.5 Å². The number of nitrogens with zero attached hydrogens (tertiary/aromatic N) is 4. The third-order valence-electron chi connectivity index (χ3n) is 3.94. The number of carbonyl (C=O) groups excluding carboxylic acids is 1. The molecule has 126 valence electrons. The van der Waals surface area contributed by atoms with Gasteiger partial charge >= 0.3 is 0 Å². The van der Waals surface area contributed by atoms with Crippen molar-refractivity contribution in [3.05, 3.63) is 46.8 Å². The van der Waals surface area contributed by atoms with E-state index in [-0.39, 0.29) is 24.2 Å². The van der Waals surface area contributed by atoms with Crippen LogP contribution in [0.15, 0.2) is 36.7 Å². The maximum Gasteiger partial charge on any atom is 0.269 e. The minimum atomic E-state index is -0.435. The zero-order valence-corrected chi connectivity index (χ0v) is 13.3. The van der Waals surface area contributed by atoms with E-state index >= 15 is 0 Å². The van der Waals surface area contributed by atoms with Gasteiger partial charge in [-0.1, -0.05) is 0 Å². The summed E-state index contributed by atoms with van der Waals surface area (Å²) in [6, 6.07) is 6.25. The molecule has 0 spiro atoms. The van der Waals surface area contributed by atoms with E-state index in [9.17, 15) is 14.9 Å². The molecule has 0 aliphatic carbocycles. The quantitative estimate of drug-likeness (QED) is 0.629. The van der Waals surface area contributed by atoms with Crippen LogP contribution in [0.3, 0.4) is 0 Å². The predicted molar refractivity (Wildman–Crippen MR) is 86.3 cm³/mol. The SMILES string of the molecule is CC1CN(C(=O)Cn2cc(-c3ccc([N+](=O)[O-])cc3)cn2)CCO1. The molecule has 24 heavy (non-hydrogen) atoms. The normalized spacial score (nSPS) is 17.7. The van der Waals surface area contributed by atoms with Gasteiger partial charge < -0.3 is 9.64 Å². The third kappa shape index (κ3) is 3.60. The van der Waals surface area contributed by atoms with Gasteiger partial charge in [-0.15, -0.1) is 0 Å². The van der Waals surface area contributed by atoms with E-state index < -0.39 is 4.92 Å². The number of carbonyl (C=O) groups is 1. The minimum absolute atomic E-state index is 0.00324. The third-order valence-corrected chi connectivity index (χ3v) is 3.94. The molecular formula is C16H18N4O4. The summed E-state index contributed by atoms with van der Waals surface area (Å²) in [6.45, 7) is 3.86. The maximum atomic E-state index is 12.3. The fraction of sp³-hybridized carbons (Fsp3) is 0.375. The number of rotatable bonds is 4. The molecule has 8 nitrogen and oxygen atoms in total. The lowest BCUT2D eigenvalue weighted by atomic mass is 10.1. The van der Waals surface area contributed by atoms with E-state index in [4.69, 9.17) is 4.74 Å². The van der Waals surface area contributed by atoms with E-state index in [2.05, 4.69) is 5.10 Å². The summed E-state index contributed by atoms with van der Waals surface area (Å²) in [7, 11) is 0. The van der Waals surface area contributed by atoms with Crippen molar-refractivity contribution in [3.63, 3.8) is 0 Å². The van der Waals surface area contributed by atoms with E-state index in [0.29, 0.717) is 19.7 Å². The molecule has 0 saturated carbocycles. The van der Waals surface area contributed by atoms with Gasteiger partial charge in [0.2, 0.25) is 5.91 Å². The van der Waals surface area contributed by atoms with Crippen LogP contribution in [-0.2, 0) is 16.1 Å². The molecule has 1 amide bonds. The summed E-state index contributed by atoms with van der Waals surface area (Å²) < 4.78 is 7.02. The van der Waals surface area contributed by atoms with Gasteiger partial charge in [0.05, 0.1) is 23.8 Å². The molecule has 0 radical (unpaired) electrons. The first kappa shape index (κ1) is 16.1. The second-order valence-electron chi connectivity index (χ2n) is 5.75. The van der Waals surface area contributed by atoms with Gasteiger partial charge in [0.15, 0.2) is 0 Å². The zero-order valence-electron chi connectivity index (χ0n) is 13.3. The van der Waals surface area contributed by atoms with Crippen LogP contribution in [-0.4, -0.2) is 51.3 Å². The summed E-state index contributed by atoms with van der Waals surface area (Å²) in [6.07, 6.45) is 3.47. The van der Waals surface area contributed by atoms with Gasteiger partial charge in [-0.05, 0) is 24.6 Å². The Labute approximate surface area is 138 Å². The fourth-order valence-corrected chi connectivity index (χ4v) is 2.66. The minimum Gasteiger partial charge on any atom is -0.375 e. The van der Waals surface area contributed by atoms with Gasteiger partial charge in [-0.25, -0.2) is 0 Å². The molecule has 1 aliphatic heterocycles. The zero-order chi connectivity index (χ0) is 17.1. The molecule has 1 unspecified atom stereocenters. The second-order valence-corrected chi connectivity index (χ2v) is 5.75. The highest BCUT2D eigenvalue weighted by atomic mass is 16.6. The van der Waals surface area contributed by atoms with Crippen LogP contribution >= 0.6 is 0 Å². The molecule has 1 aromatic heterocycles. The summed E-state index contributed by atoms with van der Waals surface area (Å²) in [5.74, 6) is 0.00324. The standard InChI is InChI=1S/C16H18N4O4/c1-12-9-18(6-7-24-12)16(21)11-19-10-14(8-17-19)13-2-4-15(5-3-13)20(22)23/h2-5,8,10,12H,6-7,9,11H2,1H3. The van der Waals surface area contributed by atoms with Gasteiger partial charge in [0, 0.05) is 37.0 Å². The second kappa shape index (κ2) is 6.79. The first-order valence-corrected chi connectivity index (χ1v) is 7.69. The van der Waals surface area contributed by atoms with E-state index in [0.717, 1.165) is 11.1 Å². The highest BCUT2D eigenvalue weighted by Crippen LogP contribution is 2.21.